The number of hydrogen-bond acceptors (Lipinski definition) is 2. The summed E-state index contributed by atoms with van der Waals surface area (Å²) in [7, 11) is 0. The maximum absolute atomic E-state index is 11.7. The Balaban J connectivity index is 1.61. The number of amides is 2. The van der Waals surface area contributed by atoms with Crippen LogP contribution in [0.1, 0.15) is 38.2 Å². The lowest BCUT2D eigenvalue weighted by atomic mass is 9.88. The molecule has 1 aromatic carbocycles. The summed E-state index contributed by atoms with van der Waals surface area (Å²) >= 11 is 0. The van der Waals surface area contributed by atoms with E-state index in [9.17, 15) is 4.79 Å². The molecule has 1 aromatic rings. The monoisotopic (exact) mass is 290 g/mol. The third-order valence-corrected chi connectivity index (χ3v) is 4.06. The van der Waals surface area contributed by atoms with Gasteiger partial charge < -0.3 is 15.4 Å². The summed E-state index contributed by atoms with van der Waals surface area (Å²) in [5.41, 5.74) is 1.98. The highest BCUT2D eigenvalue weighted by Gasteiger charge is 2.21. The van der Waals surface area contributed by atoms with Crippen molar-refractivity contribution in [3.63, 3.8) is 0 Å². The number of anilines is 1. The van der Waals surface area contributed by atoms with Crippen LogP contribution in [0.2, 0.25) is 0 Å². The Hall–Kier alpha value is -1.55. The number of urea groups is 1. The second-order valence-electron chi connectivity index (χ2n) is 5.92. The normalized spacial score (nSPS) is 21.8. The molecule has 0 radical (unpaired) electrons. The van der Waals surface area contributed by atoms with Crippen LogP contribution in [0.3, 0.4) is 0 Å². The minimum Gasteiger partial charge on any atom is -0.376 e. The van der Waals surface area contributed by atoms with Crippen LogP contribution in [0.15, 0.2) is 24.3 Å². The van der Waals surface area contributed by atoms with Crippen LogP contribution in [0, 0.1) is 12.8 Å². The molecule has 0 saturated heterocycles. The van der Waals surface area contributed by atoms with Crippen LogP contribution in [-0.4, -0.2) is 25.3 Å². The first-order valence-electron chi connectivity index (χ1n) is 7.88. The molecule has 0 bridgehead atoms. The molecule has 2 rings (SSSR count). The van der Waals surface area contributed by atoms with Gasteiger partial charge in [0, 0.05) is 12.2 Å². The summed E-state index contributed by atoms with van der Waals surface area (Å²) in [4.78, 5) is 11.7. The lowest BCUT2D eigenvalue weighted by molar-refractivity contribution is -0.00232. The number of benzene rings is 1. The Bertz CT molecular complexity index is 445. The molecule has 1 aliphatic carbocycles. The fourth-order valence-corrected chi connectivity index (χ4v) is 2.72. The third kappa shape index (κ3) is 5.38. The van der Waals surface area contributed by atoms with Crippen LogP contribution < -0.4 is 10.6 Å². The van der Waals surface area contributed by atoms with Gasteiger partial charge in [0.1, 0.15) is 0 Å². The number of carbonyl (C=O) groups is 1. The standard InChI is InChI=1S/C17H26N2O2/c1-13-7-9-15(10-8-13)19-17(20)18-11-12-21-16-6-4-3-5-14(16)2/h7-10,14,16H,3-6,11-12H2,1-2H3,(H2,18,19,20)/t14-,16+/m0/s1. The Morgan fingerprint density at radius 2 is 1.95 bits per heavy atom. The molecule has 116 valence electrons. The van der Waals surface area contributed by atoms with E-state index in [2.05, 4.69) is 17.6 Å². The molecule has 0 unspecified atom stereocenters. The smallest absolute Gasteiger partial charge is 0.319 e. The highest BCUT2D eigenvalue weighted by molar-refractivity contribution is 5.89. The quantitative estimate of drug-likeness (QED) is 0.812. The van der Waals surface area contributed by atoms with E-state index < -0.39 is 0 Å². The zero-order valence-corrected chi connectivity index (χ0v) is 13.0. The fraction of sp³-hybridized carbons (Fsp3) is 0.588. The van der Waals surface area contributed by atoms with Gasteiger partial charge in [0.2, 0.25) is 0 Å². The molecular formula is C17H26N2O2. The Morgan fingerprint density at radius 1 is 1.24 bits per heavy atom. The second-order valence-corrected chi connectivity index (χ2v) is 5.92. The molecule has 1 aliphatic rings. The Labute approximate surface area is 127 Å². The van der Waals surface area contributed by atoms with Gasteiger partial charge in [-0.2, -0.15) is 0 Å². The van der Waals surface area contributed by atoms with Crippen LogP contribution >= 0.6 is 0 Å². The fourth-order valence-electron chi connectivity index (χ4n) is 2.72. The van der Waals surface area contributed by atoms with Crippen LogP contribution in [-0.2, 0) is 4.74 Å². The number of ether oxygens (including phenoxy) is 1. The molecule has 0 aromatic heterocycles. The van der Waals surface area contributed by atoms with Crippen LogP contribution in [0.4, 0.5) is 10.5 Å². The van der Waals surface area contributed by atoms with Gasteiger partial charge in [-0.15, -0.1) is 0 Å². The summed E-state index contributed by atoms with van der Waals surface area (Å²) in [5.74, 6) is 0.639. The topological polar surface area (TPSA) is 50.4 Å². The molecule has 0 heterocycles. The summed E-state index contributed by atoms with van der Waals surface area (Å²) in [6, 6.07) is 7.57. The van der Waals surface area contributed by atoms with Crippen LogP contribution in [0.25, 0.3) is 0 Å². The van der Waals surface area contributed by atoms with E-state index in [1.807, 2.05) is 31.2 Å². The van der Waals surface area contributed by atoms with Crippen molar-refractivity contribution in [3.8, 4) is 0 Å². The number of carbonyl (C=O) groups excluding carboxylic acids is 1. The lowest BCUT2D eigenvalue weighted by Crippen LogP contribution is -2.34. The first-order valence-corrected chi connectivity index (χ1v) is 7.88. The minimum absolute atomic E-state index is 0.181. The predicted octanol–water partition coefficient (Wildman–Crippen LogP) is 3.71. The second kappa shape index (κ2) is 8.03. The molecule has 4 heteroatoms. The Morgan fingerprint density at radius 3 is 2.67 bits per heavy atom. The van der Waals surface area contributed by atoms with Gasteiger partial charge in [-0.3, -0.25) is 0 Å². The first-order chi connectivity index (χ1) is 10.1. The zero-order valence-electron chi connectivity index (χ0n) is 13.0. The SMILES string of the molecule is Cc1ccc(NC(=O)NCCO[C@@H]2CCCC[C@@H]2C)cc1. The third-order valence-electron chi connectivity index (χ3n) is 4.06. The lowest BCUT2D eigenvalue weighted by Gasteiger charge is -2.28. The first kappa shape index (κ1) is 15.8. The van der Waals surface area contributed by atoms with Crippen molar-refractivity contribution in [2.24, 2.45) is 5.92 Å². The Kier molecular flexibility index (Phi) is 6.05. The summed E-state index contributed by atoms with van der Waals surface area (Å²) in [6.07, 6.45) is 5.35. The van der Waals surface area contributed by atoms with E-state index in [4.69, 9.17) is 4.74 Å². The average Bonchev–Trinajstić information content (AvgIpc) is 2.48. The van der Waals surface area contributed by atoms with Gasteiger partial charge >= 0.3 is 6.03 Å². The number of aryl methyl sites for hydroxylation is 1. The minimum atomic E-state index is -0.181. The van der Waals surface area contributed by atoms with E-state index in [1.165, 1.54) is 24.8 Å². The molecule has 1 saturated carbocycles. The van der Waals surface area contributed by atoms with Gasteiger partial charge in [-0.05, 0) is 37.8 Å². The van der Waals surface area contributed by atoms with Crippen molar-refractivity contribution >= 4 is 11.7 Å². The summed E-state index contributed by atoms with van der Waals surface area (Å²) in [6.45, 7) is 5.39. The van der Waals surface area contributed by atoms with E-state index in [1.54, 1.807) is 0 Å². The van der Waals surface area contributed by atoms with Crippen molar-refractivity contribution in [3.05, 3.63) is 29.8 Å². The molecule has 2 atom stereocenters. The van der Waals surface area contributed by atoms with Crippen molar-refractivity contribution < 1.29 is 9.53 Å². The molecular weight excluding hydrogens is 264 g/mol. The zero-order chi connectivity index (χ0) is 15.1. The highest BCUT2D eigenvalue weighted by atomic mass is 16.5. The van der Waals surface area contributed by atoms with Gasteiger partial charge in [0.25, 0.3) is 0 Å². The number of nitrogens with one attached hydrogen (secondary N) is 2. The van der Waals surface area contributed by atoms with Crippen molar-refractivity contribution in [2.75, 3.05) is 18.5 Å². The van der Waals surface area contributed by atoms with Gasteiger partial charge in [-0.1, -0.05) is 37.5 Å². The molecule has 2 amide bonds. The maximum atomic E-state index is 11.7. The predicted molar refractivity (Wildman–Crippen MR) is 85.6 cm³/mol. The highest BCUT2D eigenvalue weighted by Crippen LogP contribution is 2.25. The maximum Gasteiger partial charge on any atom is 0.319 e. The van der Waals surface area contributed by atoms with Crippen molar-refractivity contribution in [2.45, 2.75) is 45.6 Å². The van der Waals surface area contributed by atoms with E-state index in [0.717, 1.165) is 12.1 Å². The molecule has 0 spiro atoms. The van der Waals surface area contributed by atoms with Gasteiger partial charge in [0.15, 0.2) is 0 Å². The summed E-state index contributed by atoms with van der Waals surface area (Å²) < 4.78 is 5.87. The largest absolute Gasteiger partial charge is 0.376 e. The molecule has 21 heavy (non-hydrogen) atoms. The number of rotatable bonds is 5. The van der Waals surface area contributed by atoms with E-state index >= 15 is 0 Å². The molecule has 4 nitrogen and oxygen atoms in total. The van der Waals surface area contributed by atoms with Crippen molar-refractivity contribution in [1.29, 1.82) is 0 Å². The molecule has 2 N–H and O–H groups in total. The van der Waals surface area contributed by atoms with Crippen molar-refractivity contribution in [1.82, 2.24) is 5.32 Å². The van der Waals surface area contributed by atoms with E-state index in [0.29, 0.717) is 25.2 Å². The molecule has 0 aliphatic heterocycles. The van der Waals surface area contributed by atoms with Crippen LogP contribution in [0.5, 0.6) is 0 Å². The van der Waals surface area contributed by atoms with Gasteiger partial charge in [0.05, 0.1) is 12.7 Å². The summed E-state index contributed by atoms with van der Waals surface area (Å²) in [5, 5.41) is 5.64. The van der Waals surface area contributed by atoms with Gasteiger partial charge in [-0.25, -0.2) is 4.79 Å². The molecule has 1 fully saturated rings. The number of hydrogen-bond donors (Lipinski definition) is 2. The average molecular weight is 290 g/mol. The van der Waals surface area contributed by atoms with E-state index in [-0.39, 0.29) is 6.03 Å².